The van der Waals surface area contributed by atoms with Crippen molar-refractivity contribution in [2.24, 2.45) is 0 Å². The standard InChI is InChI=1S/C72H44N4/c73-43-53-24-25-54-44-76(58-16-2-1-3-17-58)68-33-32-59(61-31-30-60(53)71(54)72(61)68)50-27-29-63-65(42-50)70(52-23-21-46-13-5-7-15-48(46)37-52)62-28-26-49(41-64(62)69(63)51-22-20-45-12-4-6-14-47(45)36-51)55-38-56(66-18-8-10-34-74-66)40-57(39-55)67-19-9-11-35-75-67/h1-42H,44H2. The molecule has 0 amide bonds. The Morgan fingerprint density at radius 1 is 0.355 bits per heavy atom. The summed E-state index contributed by atoms with van der Waals surface area (Å²) in [5.74, 6) is 0. The van der Waals surface area contributed by atoms with Crippen molar-refractivity contribution in [2.75, 3.05) is 4.90 Å². The van der Waals surface area contributed by atoms with Gasteiger partial charge in [0.1, 0.15) is 0 Å². The number of fused-ring (bicyclic) bond motifs is 4. The van der Waals surface area contributed by atoms with E-state index in [1.165, 1.54) is 65.2 Å². The highest BCUT2D eigenvalue weighted by molar-refractivity contribution is 6.25. The van der Waals surface area contributed by atoms with Gasteiger partial charge in [-0.05, 0) is 195 Å². The molecule has 0 saturated carbocycles. The third-order valence-electron chi connectivity index (χ3n) is 15.7. The quantitative estimate of drug-likeness (QED) is 0.118. The van der Waals surface area contributed by atoms with Crippen LogP contribution in [0.2, 0.25) is 0 Å². The molecule has 0 N–H and O–H groups in total. The lowest BCUT2D eigenvalue weighted by atomic mass is 9.82. The number of anilines is 2. The van der Waals surface area contributed by atoms with Crippen LogP contribution in [0, 0.1) is 11.3 Å². The Morgan fingerprint density at radius 3 is 1.51 bits per heavy atom. The van der Waals surface area contributed by atoms with Crippen LogP contribution in [0.25, 0.3) is 132 Å². The maximum atomic E-state index is 10.4. The van der Waals surface area contributed by atoms with Gasteiger partial charge in [-0.1, -0.05) is 152 Å². The Labute approximate surface area is 439 Å². The maximum absolute atomic E-state index is 10.4. The first-order valence-corrected chi connectivity index (χ1v) is 25.9. The van der Waals surface area contributed by atoms with E-state index in [1.54, 1.807) is 0 Å². The fourth-order valence-corrected chi connectivity index (χ4v) is 12.2. The Morgan fingerprint density at radius 2 is 0.895 bits per heavy atom. The van der Waals surface area contributed by atoms with Crippen LogP contribution < -0.4 is 4.90 Å². The second-order valence-corrected chi connectivity index (χ2v) is 20.0. The largest absolute Gasteiger partial charge is 0.336 e. The minimum absolute atomic E-state index is 0.696. The van der Waals surface area contributed by atoms with E-state index in [1.807, 2.05) is 42.7 Å². The first kappa shape index (κ1) is 43.4. The predicted molar refractivity (Wildman–Crippen MR) is 317 cm³/mol. The summed E-state index contributed by atoms with van der Waals surface area (Å²) in [6.45, 7) is 0.718. The van der Waals surface area contributed by atoms with Crippen LogP contribution in [0.4, 0.5) is 11.4 Å². The summed E-state index contributed by atoms with van der Waals surface area (Å²) in [5.41, 5.74) is 17.2. The smallest absolute Gasteiger partial charge is 0.0998 e. The highest BCUT2D eigenvalue weighted by Gasteiger charge is 2.26. The molecule has 0 atom stereocenters. The lowest BCUT2D eigenvalue weighted by molar-refractivity contribution is 0.982. The van der Waals surface area contributed by atoms with Crippen molar-refractivity contribution >= 4 is 76.0 Å². The molecule has 352 valence electrons. The topological polar surface area (TPSA) is 52.8 Å². The van der Waals surface area contributed by atoms with Gasteiger partial charge in [-0.2, -0.15) is 5.26 Å². The SMILES string of the molecule is N#Cc1ccc2c3c1ccc1c(-c4ccc5c(-c6ccc7ccccc7c6)c6cc(-c7cc(-c8ccccn8)cc(-c8ccccn8)c7)ccc6c(-c6ccc7ccccc7c6)c5c4)ccc(c13)N(c1ccccc1)C2. The zero-order chi connectivity index (χ0) is 50.3. The maximum Gasteiger partial charge on any atom is 0.0998 e. The fraction of sp³-hybridized carbons (Fsp3) is 0.0139. The summed E-state index contributed by atoms with van der Waals surface area (Å²) in [4.78, 5) is 12.0. The predicted octanol–water partition coefficient (Wildman–Crippen LogP) is 18.9. The molecule has 12 aromatic carbocycles. The summed E-state index contributed by atoms with van der Waals surface area (Å²) in [5, 5.41) is 24.4. The number of nitriles is 1. The van der Waals surface area contributed by atoms with Crippen molar-refractivity contribution in [1.29, 1.82) is 5.26 Å². The van der Waals surface area contributed by atoms with Crippen LogP contribution in [0.1, 0.15) is 11.1 Å². The molecule has 2 aromatic heterocycles. The van der Waals surface area contributed by atoms with E-state index >= 15 is 0 Å². The number of nitrogens with zero attached hydrogens (tertiary/aromatic N) is 4. The van der Waals surface area contributed by atoms with E-state index in [4.69, 9.17) is 9.97 Å². The Bertz CT molecular complexity index is 4670. The van der Waals surface area contributed by atoms with Crippen molar-refractivity contribution < 1.29 is 0 Å². The number of benzene rings is 12. The van der Waals surface area contributed by atoms with E-state index in [0.29, 0.717) is 5.56 Å². The molecule has 76 heavy (non-hydrogen) atoms. The van der Waals surface area contributed by atoms with E-state index in [0.717, 1.165) is 90.0 Å². The molecule has 0 bridgehead atoms. The zero-order valence-electron chi connectivity index (χ0n) is 41.2. The van der Waals surface area contributed by atoms with Crippen LogP contribution in [-0.2, 0) is 6.54 Å². The van der Waals surface area contributed by atoms with E-state index < -0.39 is 0 Å². The van der Waals surface area contributed by atoms with Crippen molar-refractivity contribution in [3.05, 3.63) is 266 Å². The molecule has 0 spiro atoms. The van der Waals surface area contributed by atoms with Gasteiger partial charge in [-0.25, -0.2) is 0 Å². The monoisotopic (exact) mass is 964 g/mol. The molecule has 0 aliphatic carbocycles. The number of rotatable bonds is 7. The molecule has 3 heterocycles. The molecular formula is C72H44N4. The molecule has 1 aliphatic heterocycles. The first-order chi connectivity index (χ1) is 37.6. The number of pyridine rings is 2. The van der Waals surface area contributed by atoms with Crippen molar-refractivity contribution in [2.45, 2.75) is 6.54 Å². The highest BCUT2D eigenvalue weighted by atomic mass is 15.1. The van der Waals surface area contributed by atoms with Gasteiger partial charge in [0, 0.05) is 52.2 Å². The minimum Gasteiger partial charge on any atom is -0.336 e. The second-order valence-electron chi connectivity index (χ2n) is 20.0. The molecule has 0 radical (unpaired) electrons. The van der Waals surface area contributed by atoms with E-state index in [-0.39, 0.29) is 0 Å². The van der Waals surface area contributed by atoms with Gasteiger partial charge in [0.15, 0.2) is 0 Å². The summed E-state index contributed by atoms with van der Waals surface area (Å²) < 4.78 is 0. The second kappa shape index (κ2) is 17.5. The van der Waals surface area contributed by atoms with Gasteiger partial charge in [0.05, 0.1) is 23.0 Å². The van der Waals surface area contributed by atoms with Crippen LogP contribution >= 0.6 is 0 Å². The van der Waals surface area contributed by atoms with Crippen molar-refractivity contribution in [1.82, 2.24) is 9.97 Å². The van der Waals surface area contributed by atoms with Crippen LogP contribution in [0.5, 0.6) is 0 Å². The lowest BCUT2D eigenvalue weighted by Crippen LogP contribution is -2.20. The molecule has 0 unspecified atom stereocenters. The number of aromatic nitrogens is 2. The normalized spacial score (nSPS) is 12.1. The highest BCUT2D eigenvalue weighted by Crippen LogP contribution is 2.50. The van der Waals surface area contributed by atoms with E-state index in [2.05, 4.69) is 223 Å². The molecule has 15 rings (SSSR count). The molecule has 14 aromatic rings. The summed E-state index contributed by atoms with van der Waals surface area (Å²) in [6.07, 6.45) is 3.72. The summed E-state index contributed by atoms with van der Waals surface area (Å²) in [6, 6.07) is 90.6. The van der Waals surface area contributed by atoms with Gasteiger partial charge < -0.3 is 4.90 Å². The molecular weight excluding hydrogens is 921 g/mol. The lowest BCUT2D eigenvalue weighted by Gasteiger charge is -2.32. The van der Waals surface area contributed by atoms with Crippen molar-refractivity contribution in [3.8, 4) is 73.1 Å². The molecule has 4 nitrogen and oxygen atoms in total. The van der Waals surface area contributed by atoms with Gasteiger partial charge >= 0.3 is 0 Å². The average molecular weight is 965 g/mol. The van der Waals surface area contributed by atoms with Crippen LogP contribution in [0.15, 0.2) is 255 Å². The number of para-hydroxylation sites is 1. The average Bonchev–Trinajstić information content (AvgIpc) is 3.61. The molecule has 0 saturated heterocycles. The molecule has 4 heteroatoms. The zero-order valence-corrected chi connectivity index (χ0v) is 41.2. The Hall–Kier alpha value is -10.2. The number of hydrogen-bond acceptors (Lipinski definition) is 4. The summed E-state index contributed by atoms with van der Waals surface area (Å²) in [7, 11) is 0. The first-order valence-electron chi connectivity index (χ1n) is 25.9. The minimum atomic E-state index is 0.696. The van der Waals surface area contributed by atoms with Crippen LogP contribution in [-0.4, -0.2) is 9.97 Å². The van der Waals surface area contributed by atoms with Crippen molar-refractivity contribution in [3.63, 3.8) is 0 Å². The molecule has 0 fully saturated rings. The van der Waals surface area contributed by atoms with Gasteiger partial charge in [0.2, 0.25) is 0 Å². The molecule has 1 aliphatic rings. The Kier molecular flexibility index (Phi) is 9.98. The fourth-order valence-electron chi connectivity index (χ4n) is 12.2. The van der Waals surface area contributed by atoms with Gasteiger partial charge in [-0.15, -0.1) is 0 Å². The third-order valence-corrected chi connectivity index (χ3v) is 15.7. The number of hydrogen-bond donors (Lipinski definition) is 0. The van der Waals surface area contributed by atoms with Gasteiger partial charge in [-0.3, -0.25) is 9.97 Å². The van der Waals surface area contributed by atoms with Gasteiger partial charge in [0.25, 0.3) is 0 Å². The Balaban J connectivity index is 1.03. The van der Waals surface area contributed by atoms with E-state index in [9.17, 15) is 5.26 Å². The summed E-state index contributed by atoms with van der Waals surface area (Å²) >= 11 is 0. The third kappa shape index (κ3) is 7.06. The van der Waals surface area contributed by atoms with Crippen LogP contribution in [0.3, 0.4) is 0 Å².